The minimum atomic E-state index is -0.124. The Bertz CT molecular complexity index is 740. The summed E-state index contributed by atoms with van der Waals surface area (Å²) >= 11 is 0. The average molecular weight is 341 g/mol. The molecule has 2 aromatic rings. The molecule has 1 atom stereocenters. The van der Waals surface area contributed by atoms with E-state index in [1.165, 1.54) is 0 Å². The fourth-order valence-electron chi connectivity index (χ4n) is 2.80. The number of ether oxygens (including phenoxy) is 2. The first-order valence-electron chi connectivity index (χ1n) is 8.59. The second kappa shape index (κ2) is 8.56. The van der Waals surface area contributed by atoms with E-state index in [9.17, 15) is 4.79 Å². The molecule has 0 saturated heterocycles. The highest BCUT2D eigenvalue weighted by Crippen LogP contribution is 2.24. The monoisotopic (exact) mass is 341 g/mol. The topological polar surface area (TPSA) is 47.6 Å². The SMILES string of the molecule is CC[C@@H](NC(=O)COc1cccc(C)c1C)c1ccc(OC)c(C)c1. The molecule has 0 unspecified atom stereocenters. The van der Waals surface area contributed by atoms with Crippen molar-refractivity contribution in [2.24, 2.45) is 0 Å². The minimum absolute atomic E-state index is 0.00985. The molecule has 0 aliphatic heterocycles. The number of hydrogen-bond acceptors (Lipinski definition) is 3. The van der Waals surface area contributed by atoms with Gasteiger partial charge in [-0.05, 0) is 61.6 Å². The molecule has 1 amide bonds. The van der Waals surface area contributed by atoms with E-state index in [1.807, 2.05) is 51.1 Å². The second-order valence-electron chi connectivity index (χ2n) is 6.24. The third kappa shape index (κ3) is 4.75. The Morgan fingerprint density at radius 2 is 1.84 bits per heavy atom. The van der Waals surface area contributed by atoms with E-state index in [-0.39, 0.29) is 18.6 Å². The molecule has 4 nitrogen and oxygen atoms in total. The summed E-state index contributed by atoms with van der Waals surface area (Å²) in [6.07, 6.45) is 0.807. The van der Waals surface area contributed by atoms with Gasteiger partial charge in [0.15, 0.2) is 6.61 Å². The number of nitrogens with one attached hydrogen (secondary N) is 1. The maximum absolute atomic E-state index is 12.3. The lowest BCUT2D eigenvalue weighted by atomic mass is 10.0. The molecule has 0 aromatic heterocycles. The van der Waals surface area contributed by atoms with E-state index >= 15 is 0 Å². The maximum atomic E-state index is 12.3. The Kier molecular flexibility index (Phi) is 6.45. The van der Waals surface area contributed by atoms with Crippen molar-refractivity contribution < 1.29 is 14.3 Å². The van der Waals surface area contributed by atoms with Crippen LogP contribution >= 0.6 is 0 Å². The normalized spacial score (nSPS) is 11.7. The maximum Gasteiger partial charge on any atom is 0.258 e. The van der Waals surface area contributed by atoms with Crippen molar-refractivity contribution in [3.05, 3.63) is 58.7 Å². The van der Waals surface area contributed by atoms with Crippen LogP contribution in [0.3, 0.4) is 0 Å². The smallest absolute Gasteiger partial charge is 0.258 e. The molecular formula is C21H27NO3. The van der Waals surface area contributed by atoms with Crippen molar-refractivity contribution >= 4 is 5.91 Å². The van der Waals surface area contributed by atoms with E-state index in [4.69, 9.17) is 9.47 Å². The Hall–Kier alpha value is -2.49. The zero-order valence-corrected chi connectivity index (χ0v) is 15.7. The summed E-state index contributed by atoms with van der Waals surface area (Å²) in [5.41, 5.74) is 4.34. The minimum Gasteiger partial charge on any atom is -0.496 e. The molecule has 0 radical (unpaired) electrons. The zero-order chi connectivity index (χ0) is 18.4. The number of amides is 1. The van der Waals surface area contributed by atoms with Crippen LogP contribution < -0.4 is 14.8 Å². The van der Waals surface area contributed by atoms with Crippen molar-refractivity contribution in [2.75, 3.05) is 13.7 Å². The van der Waals surface area contributed by atoms with Gasteiger partial charge in [-0.1, -0.05) is 31.2 Å². The Labute approximate surface area is 150 Å². The summed E-state index contributed by atoms with van der Waals surface area (Å²) in [4.78, 5) is 12.3. The van der Waals surface area contributed by atoms with Gasteiger partial charge in [0, 0.05) is 0 Å². The molecule has 0 aliphatic carbocycles. The highest BCUT2D eigenvalue weighted by molar-refractivity contribution is 5.78. The van der Waals surface area contributed by atoms with Gasteiger partial charge in [0.05, 0.1) is 13.2 Å². The van der Waals surface area contributed by atoms with Crippen molar-refractivity contribution in [1.29, 1.82) is 0 Å². The predicted molar refractivity (Wildman–Crippen MR) is 100 cm³/mol. The summed E-state index contributed by atoms with van der Waals surface area (Å²) < 4.78 is 11.0. The van der Waals surface area contributed by atoms with Crippen LogP contribution in [0.2, 0.25) is 0 Å². The zero-order valence-electron chi connectivity index (χ0n) is 15.7. The molecule has 4 heteroatoms. The molecule has 0 heterocycles. The molecule has 2 aromatic carbocycles. The van der Waals surface area contributed by atoms with Gasteiger partial charge in [0.1, 0.15) is 11.5 Å². The highest BCUT2D eigenvalue weighted by atomic mass is 16.5. The Morgan fingerprint density at radius 1 is 1.08 bits per heavy atom. The summed E-state index contributed by atoms with van der Waals surface area (Å²) in [7, 11) is 1.66. The van der Waals surface area contributed by atoms with Crippen LogP contribution in [0.4, 0.5) is 0 Å². The van der Waals surface area contributed by atoms with Crippen molar-refractivity contribution in [2.45, 2.75) is 40.2 Å². The number of carbonyl (C=O) groups is 1. The molecule has 134 valence electrons. The lowest BCUT2D eigenvalue weighted by molar-refractivity contribution is -0.123. The standard InChI is InChI=1S/C21H27NO3/c1-6-18(17-10-11-19(24-5)15(3)12-17)22-21(23)13-25-20-9-7-8-14(2)16(20)4/h7-12,18H,6,13H2,1-5H3,(H,22,23)/t18-/m1/s1. The fourth-order valence-corrected chi connectivity index (χ4v) is 2.80. The Balaban J connectivity index is 2.00. The van der Waals surface area contributed by atoms with Crippen molar-refractivity contribution in [1.82, 2.24) is 5.32 Å². The summed E-state index contributed by atoms with van der Waals surface area (Å²) in [5, 5.41) is 3.05. The molecule has 0 aliphatic rings. The molecule has 2 rings (SSSR count). The molecule has 0 spiro atoms. The van der Waals surface area contributed by atoms with Gasteiger partial charge in [0.25, 0.3) is 5.91 Å². The van der Waals surface area contributed by atoms with Gasteiger partial charge in [0.2, 0.25) is 0 Å². The van der Waals surface area contributed by atoms with E-state index in [1.54, 1.807) is 7.11 Å². The van der Waals surface area contributed by atoms with Gasteiger partial charge in [-0.2, -0.15) is 0 Å². The molecule has 0 bridgehead atoms. The fraction of sp³-hybridized carbons (Fsp3) is 0.381. The van der Waals surface area contributed by atoms with Crippen LogP contribution in [0.15, 0.2) is 36.4 Å². The predicted octanol–water partition coefficient (Wildman–Crippen LogP) is 4.27. The van der Waals surface area contributed by atoms with Crippen molar-refractivity contribution in [3.63, 3.8) is 0 Å². The van der Waals surface area contributed by atoms with E-state index in [2.05, 4.69) is 18.3 Å². The van der Waals surface area contributed by atoms with Crippen LogP contribution in [-0.4, -0.2) is 19.6 Å². The first-order valence-corrected chi connectivity index (χ1v) is 8.59. The van der Waals surface area contributed by atoms with E-state index < -0.39 is 0 Å². The number of aryl methyl sites for hydroxylation is 2. The highest BCUT2D eigenvalue weighted by Gasteiger charge is 2.15. The lowest BCUT2D eigenvalue weighted by Gasteiger charge is -2.19. The van der Waals surface area contributed by atoms with Gasteiger partial charge in [-0.15, -0.1) is 0 Å². The van der Waals surface area contributed by atoms with Gasteiger partial charge in [-0.25, -0.2) is 0 Å². The van der Waals surface area contributed by atoms with E-state index in [0.717, 1.165) is 40.2 Å². The van der Waals surface area contributed by atoms with E-state index in [0.29, 0.717) is 0 Å². The van der Waals surface area contributed by atoms with Crippen LogP contribution in [-0.2, 0) is 4.79 Å². The summed E-state index contributed by atoms with van der Waals surface area (Å²) in [5.74, 6) is 1.48. The molecule has 1 N–H and O–H groups in total. The van der Waals surface area contributed by atoms with Gasteiger partial charge >= 0.3 is 0 Å². The molecule has 25 heavy (non-hydrogen) atoms. The quantitative estimate of drug-likeness (QED) is 0.818. The lowest BCUT2D eigenvalue weighted by Crippen LogP contribution is -2.32. The van der Waals surface area contributed by atoms with Crippen LogP contribution in [0, 0.1) is 20.8 Å². The number of rotatable bonds is 7. The second-order valence-corrected chi connectivity index (χ2v) is 6.24. The van der Waals surface area contributed by atoms with Gasteiger partial charge in [-0.3, -0.25) is 4.79 Å². The Morgan fingerprint density at radius 3 is 2.48 bits per heavy atom. The van der Waals surface area contributed by atoms with Crippen molar-refractivity contribution in [3.8, 4) is 11.5 Å². The van der Waals surface area contributed by atoms with Crippen LogP contribution in [0.5, 0.6) is 11.5 Å². The largest absolute Gasteiger partial charge is 0.496 e. The number of carbonyl (C=O) groups excluding carboxylic acids is 1. The third-order valence-electron chi connectivity index (χ3n) is 4.48. The number of methoxy groups -OCH3 is 1. The van der Waals surface area contributed by atoms with Crippen LogP contribution in [0.25, 0.3) is 0 Å². The number of benzene rings is 2. The third-order valence-corrected chi connectivity index (χ3v) is 4.48. The molecular weight excluding hydrogens is 314 g/mol. The van der Waals surface area contributed by atoms with Crippen LogP contribution in [0.1, 0.15) is 41.6 Å². The molecule has 0 fully saturated rings. The number of hydrogen-bond donors (Lipinski definition) is 1. The molecule has 0 saturated carbocycles. The summed E-state index contributed by atoms with van der Waals surface area (Å²) in [6, 6.07) is 11.8. The average Bonchev–Trinajstić information content (AvgIpc) is 2.60. The van der Waals surface area contributed by atoms with Gasteiger partial charge < -0.3 is 14.8 Å². The first kappa shape index (κ1) is 18.8. The summed E-state index contributed by atoms with van der Waals surface area (Å²) in [6.45, 7) is 8.09. The first-order chi connectivity index (χ1) is 12.0.